The first-order chi connectivity index (χ1) is 11.0. The number of imidazole rings is 1. The monoisotopic (exact) mass is 308 g/mol. The molecule has 0 saturated heterocycles. The molecule has 0 atom stereocenters. The Morgan fingerprint density at radius 3 is 2.70 bits per heavy atom. The number of nitrogens with zero attached hydrogens (tertiary/aromatic N) is 3. The average Bonchev–Trinajstić information content (AvgIpc) is 2.97. The fraction of sp³-hybridized carbons (Fsp3) is 0.278. The molecule has 5 nitrogen and oxygen atoms in total. The number of carbonyl (C=O) groups is 1. The van der Waals surface area contributed by atoms with E-state index in [2.05, 4.69) is 29.1 Å². The van der Waals surface area contributed by atoms with Gasteiger partial charge in [0.1, 0.15) is 11.4 Å². The molecule has 0 fully saturated rings. The van der Waals surface area contributed by atoms with Crippen molar-refractivity contribution >= 4 is 11.6 Å². The van der Waals surface area contributed by atoms with Crippen LogP contribution in [0.4, 0.5) is 0 Å². The third-order valence-corrected chi connectivity index (χ3v) is 3.60. The van der Waals surface area contributed by atoms with Gasteiger partial charge in [-0.1, -0.05) is 43.7 Å². The quantitative estimate of drug-likeness (QED) is 0.805. The summed E-state index contributed by atoms with van der Waals surface area (Å²) in [7, 11) is 0. The van der Waals surface area contributed by atoms with Crippen molar-refractivity contribution < 1.29 is 4.79 Å². The maximum atomic E-state index is 12.2. The molecule has 1 aromatic carbocycles. The van der Waals surface area contributed by atoms with Crippen LogP contribution in [-0.2, 0) is 0 Å². The van der Waals surface area contributed by atoms with E-state index in [0.717, 1.165) is 11.3 Å². The van der Waals surface area contributed by atoms with Crippen LogP contribution >= 0.6 is 0 Å². The summed E-state index contributed by atoms with van der Waals surface area (Å²) in [4.78, 5) is 21.1. The van der Waals surface area contributed by atoms with E-state index in [0.29, 0.717) is 23.8 Å². The minimum absolute atomic E-state index is 0.155. The number of carbonyl (C=O) groups excluding carboxylic acids is 1. The Morgan fingerprint density at radius 2 is 2.00 bits per heavy atom. The highest BCUT2D eigenvalue weighted by atomic mass is 16.1. The summed E-state index contributed by atoms with van der Waals surface area (Å²) in [6.45, 7) is 6.80. The number of hydrogen-bond donors (Lipinski definition) is 1. The first kappa shape index (κ1) is 15.2. The Balaban J connectivity index is 1.98. The summed E-state index contributed by atoms with van der Waals surface area (Å²) >= 11 is 0. The Labute approximate surface area is 135 Å². The summed E-state index contributed by atoms with van der Waals surface area (Å²) < 4.78 is 1.84. The Hall–Kier alpha value is -2.69. The summed E-state index contributed by atoms with van der Waals surface area (Å²) in [5.41, 5.74) is 4.05. The van der Waals surface area contributed by atoms with Crippen molar-refractivity contribution in [1.82, 2.24) is 19.7 Å². The first-order valence-electron chi connectivity index (χ1n) is 7.73. The zero-order valence-corrected chi connectivity index (χ0v) is 13.6. The molecule has 2 heterocycles. The van der Waals surface area contributed by atoms with Crippen LogP contribution in [0.15, 0.2) is 42.9 Å². The third-order valence-electron chi connectivity index (χ3n) is 3.60. The third kappa shape index (κ3) is 3.23. The van der Waals surface area contributed by atoms with Crippen LogP contribution in [0.25, 0.3) is 16.9 Å². The van der Waals surface area contributed by atoms with Gasteiger partial charge in [-0.15, -0.1) is 0 Å². The highest BCUT2D eigenvalue weighted by Crippen LogP contribution is 2.22. The molecule has 0 aliphatic heterocycles. The number of fused-ring (bicyclic) bond motifs is 1. The van der Waals surface area contributed by atoms with Crippen LogP contribution in [0.5, 0.6) is 0 Å². The van der Waals surface area contributed by atoms with Crippen LogP contribution < -0.4 is 5.32 Å². The Bertz CT molecular complexity index is 834. The predicted molar refractivity (Wildman–Crippen MR) is 90.3 cm³/mol. The number of benzene rings is 1. The molecule has 3 rings (SSSR count). The summed E-state index contributed by atoms with van der Waals surface area (Å²) in [5.74, 6) is 0.248. The van der Waals surface area contributed by atoms with Crippen molar-refractivity contribution in [3.63, 3.8) is 0 Å². The molecular formula is C18H20N4O. The average molecular weight is 308 g/mol. The minimum Gasteiger partial charge on any atom is -0.350 e. The molecule has 0 bridgehead atoms. The molecule has 1 N–H and O–H groups in total. The molecule has 0 saturated carbocycles. The zero-order valence-electron chi connectivity index (χ0n) is 13.6. The van der Waals surface area contributed by atoms with E-state index in [4.69, 9.17) is 0 Å². The topological polar surface area (TPSA) is 59.3 Å². The lowest BCUT2D eigenvalue weighted by Gasteiger charge is -2.05. The Kier molecular flexibility index (Phi) is 4.10. The van der Waals surface area contributed by atoms with Crippen LogP contribution in [0, 0.1) is 12.8 Å². The summed E-state index contributed by atoms with van der Waals surface area (Å²) in [6.07, 6.45) is 5.27. The number of aromatic nitrogens is 3. The minimum atomic E-state index is -0.155. The lowest BCUT2D eigenvalue weighted by Crippen LogP contribution is -2.27. The van der Waals surface area contributed by atoms with E-state index in [9.17, 15) is 4.79 Å². The van der Waals surface area contributed by atoms with Crippen molar-refractivity contribution in [1.29, 1.82) is 0 Å². The van der Waals surface area contributed by atoms with Crippen molar-refractivity contribution in [2.45, 2.75) is 20.8 Å². The molecule has 0 spiro atoms. The van der Waals surface area contributed by atoms with Gasteiger partial charge in [0.05, 0.1) is 0 Å². The zero-order chi connectivity index (χ0) is 16.4. The second-order valence-corrected chi connectivity index (χ2v) is 6.10. The Morgan fingerprint density at radius 1 is 1.26 bits per heavy atom. The SMILES string of the molecule is Cc1ccc(-c2nccn3cc(C(=O)NCC(C)C)nc23)cc1. The van der Waals surface area contributed by atoms with Crippen LogP contribution in [0.1, 0.15) is 29.9 Å². The van der Waals surface area contributed by atoms with Crippen molar-refractivity contribution in [3.05, 3.63) is 54.1 Å². The fourth-order valence-corrected chi connectivity index (χ4v) is 2.33. The number of nitrogens with one attached hydrogen (secondary N) is 1. The van der Waals surface area contributed by atoms with Gasteiger partial charge in [-0.2, -0.15) is 0 Å². The maximum Gasteiger partial charge on any atom is 0.271 e. The highest BCUT2D eigenvalue weighted by Gasteiger charge is 2.14. The molecule has 5 heteroatoms. The first-order valence-corrected chi connectivity index (χ1v) is 7.73. The van der Waals surface area contributed by atoms with Gasteiger partial charge in [0.2, 0.25) is 0 Å². The van der Waals surface area contributed by atoms with E-state index in [1.54, 1.807) is 18.6 Å². The van der Waals surface area contributed by atoms with E-state index < -0.39 is 0 Å². The van der Waals surface area contributed by atoms with Gasteiger partial charge in [0.25, 0.3) is 5.91 Å². The van der Waals surface area contributed by atoms with Crippen LogP contribution in [0.3, 0.4) is 0 Å². The number of amides is 1. The molecule has 0 aliphatic rings. The summed E-state index contributed by atoms with van der Waals surface area (Å²) in [5, 5.41) is 2.89. The lowest BCUT2D eigenvalue weighted by atomic mass is 10.1. The van der Waals surface area contributed by atoms with E-state index in [1.807, 2.05) is 35.6 Å². The number of rotatable bonds is 4. The molecule has 0 unspecified atom stereocenters. The molecular weight excluding hydrogens is 288 g/mol. The second-order valence-electron chi connectivity index (χ2n) is 6.10. The van der Waals surface area contributed by atoms with Crippen molar-refractivity contribution in [2.24, 2.45) is 5.92 Å². The molecule has 1 amide bonds. The van der Waals surface area contributed by atoms with Gasteiger partial charge >= 0.3 is 0 Å². The molecule has 0 aliphatic carbocycles. The fourth-order valence-electron chi connectivity index (χ4n) is 2.33. The molecule has 0 radical (unpaired) electrons. The predicted octanol–water partition coefficient (Wildman–Crippen LogP) is 3.09. The molecule has 3 aromatic rings. The smallest absolute Gasteiger partial charge is 0.271 e. The standard InChI is InChI=1S/C18H20N4O/c1-12(2)10-20-18(23)15-11-22-9-8-19-16(17(22)21-15)14-6-4-13(3)5-7-14/h4-9,11-12H,10H2,1-3H3,(H,20,23). The van der Waals surface area contributed by atoms with E-state index in [1.165, 1.54) is 5.56 Å². The number of hydrogen-bond acceptors (Lipinski definition) is 3. The molecule has 118 valence electrons. The largest absolute Gasteiger partial charge is 0.350 e. The lowest BCUT2D eigenvalue weighted by molar-refractivity contribution is 0.0944. The van der Waals surface area contributed by atoms with E-state index >= 15 is 0 Å². The van der Waals surface area contributed by atoms with E-state index in [-0.39, 0.29) is 5.91 Å². The summed E-state index contributed by atoms with van der Waals surface area (Å²) in [6, 6.07) is 8.12. The van der Waals surface area contributed by atoms with Crippen molar-refractivity contribution in [3.8, 4) is 11.3 Å². The van der Waals surface area contributed by atoms with Gasteiger partial charge in [-0.3, -0.25) is 9.78 Å². The highest BCUT2D eigenvalue weighted by molar-refractivity contribution is 5.93. The molecule has 23 heavy (non-hydrogen) atoms. The van der Waals surface area contributed by atoms with Gasteiger partial charge < -0.3 is 9.72 Å². The van der Waals surface area contributed by atoms with Crippen LogP contribution in [-0.4, -0.2) is 26.8 Å². The second kappa shape index (κ2) is 6.20. The maximum absolute atomic E-state index is 12.2. The number of aryl methyl sites for hydroxylation is 1. The normalized spacial score (nSPS) is 11.1. The van der Waals surface area contributed by atoms with Gasteiger partial charge in [0.15, 0.2) is 5.65 Å². The van der Waals surface area contributed by atoms with Gasteiger partial charge in [0, 0.05) is 30.7 Å². The van der Waals surface area contributed by atoms with Crippen LogP contribution in [0.2, 0.25) is 0 Å². The van der Waals surface area contributed by atoms with Crippen molar-refractivity contribution in [2.75, 3.05) is 6.54 Å². The van der Waals surface area contributed by atoms with Gasteiger partial charge in [-0.05, 0) is 12.8 Å². The van der Waals surface area contributed by atoms with Gasteiger partial charge in [-0.25, -0.2) is 4.98 Å². The molecule has 2 aromatic heterocycles.